The van der Waals surface area contributed by atoms with Crippen molar-refractivity contribution in [3.8, 4) is 0 Å². The molecule has 5 rings (SSSR count). The smallest absolute Gasteiger partial charge is 0.418 e. The Labute approximate surface area is 275 Å². The summed E-state index contributed by atoms with van der Waals surface area (Å²) in [6, 6.07) is 10.7. The van der Waals surface area contributed by atoms with Gasteiger partial charge in [0.1, 0.15) is 35.1 Å². The number of fused-ring (bicyclic) bond motifs is 3. The number of carbonyl (C=O) groups excluding carboxylic acids is 1. The molecule has 0 amide bonds. The zero-order valence-corrected chi connectivity index (χ0v) is 26.8. The Morgan fingerprint density at radius 2 is 1.91 bits per heavy atom. The molecule has 1 unspecified atom stereocenters. The summed E-state index contributed by atoms with van der Waals surface area (Å²) in [5.74, 6) is -2.91. The molecule has 4 aromatic rings. The maximum Gasteiger partial charge on any atom is 0.418 e. The van der Waals surface area contributed by atoms with Gasteiger partial charge in [0.2, 0.25) is 0 Å². The summed E-state index contributed by atoms with van der Waals surface area (Å²) in [5.41, 5.74) is -0.895. The van der Waals surface area contributed by atoms with E-state index in [4.69, 9.17) is 9.84 Å². The van der Waals surface area contributed by atoms with E-state index in [9.17, 15) is 19.7 Å². The molecule has 1 aliphatic heterocycles. The van der Waals surface area contributed by atoms with Crippen LogP contribution in [0.3, 0.4) is 0 Å². The average Bonchev–Trinajstić information content (AvgIpc) is 3.34. The van der Waals surface area contributed by atoms with Crippen molar-refractivity contribution in [1.29, 1.82) is 0 Å². The molecule has 2 aromatic carbocycles. The van der Waals surface area contributed by atoms with Crippen molar-refractivity contribution < 1.29 is 37.5 Å². The second kappa shape index (κ2) is 14.2. The Hall–Kier alpha value is -4.34. The van der Waals surface area contributed by atoms with Gasteiger partial charge in [-0.1, -0.05) is 29.0 Å². The number of benzene rings is 2. The fourth-order valence-corrected chi connectivity index (χ4v) is 7.28. The van der Waals surface area contributed by atoms with Crippen LogP contribution in [0, 0.1) is 21.7 Å². The summed E-state index contributed by atoms with van der Waals surface area (Å²) in [5, 5.41) is 21.0. The van der Waals surface area contributed by atoms with E-state index in [1.807, 2.05) is 0 Å². The van der Waals surface area contributed by atoms with Crippen LogP contribution in [0.1, 0.15) is 42.3 Å². The van der Waals surface area contributed by atoms with Crippen molar-refractivity contribution >= 4 is 56.3 Å². The SMILES string of the molecule is CC(C)(F)CN1CCc2c(n(C(=O)OCCSSc3ccc([N+](=O)[O-])cn3)c3ccccc23)C1c1c(F)cc(/C=C/C(=O)O)cc1F. The van der Waals surface area contributed by atoms with E-state index in [0.29, 0.717) is 33.7 Å². The molecule has 0 spiro atoms. The zero-order valence-electron chi connectivity index (χ0n) is 25.2. The molecule has 3 heterocycles. The number of aliphatic carboxylic acids is 1. The number of halogens is 3. The number of alkyl halides is 1. The molecule has 47 heavy (non-hydrogen) atoms. The highest BCUT2D eigenvalue weighted by Gasteiger charge is 2.40. The van der Waals surface area contributed by atoms with E-state index < -0.39 is 45.9 Å². The second-order valence-corrected chi connectivity index (χ2v) is 13.7. The Kier molecular flexibility index (Phi) is 10.3. The summed E-state index contributed by atoms with van der Waals surface area (Å²) in [4.78, 5) is 40.7. The summed E-state index contributed by atoms with van der Waals surface area (Å²) in [7, 11) is 2.56. The topological polar surface area (TPSA) is 128 Å². The first-order chi connectivity index (χ1) is 22.3. The average molecular weight is 687 g/mol. The molecule has 246 valence electrons. The minimum absolute atomic E-state index is 0.0150. The Morgan fingerprint density at radius 1 is 1.19 bits per heavy atom. The number of rotatable bonds is 11. The largest absolute Gasteiger partial charge is 0.478 e. The fourth-order valence-electron chi connectivity index (χ4n) is 5.59. The summed E-state index contributed by atoms with van der Waals surface area (Å²) in [6.45, 7) is 2.73. The molecule has 1 N–H and O–H groups in total. The molecule has 1 aliphatic rings. The molecule has 0 bridgehead atoms. The Bertz CT molecular complexity index is 1840. The van der Waals surface area contributed by atoms with E-state index in [0.717, 1.165) is 30.5 Å². The van der Waals surface area contributed by atoms with Crippen molar-refractivity contribution in [3.63, 3.8) is 0 Å². The number of nitro groups is 1. The fraction of sp³-hybridized carbons (Fsp3) is 0.281. The van der Waals surface area contributed by atoms with E-state index in [1.54, 1.807) is 29.2 Å². The number of ether oxygens (including phenoxy) is 1. The van der Waals surface area contributed by atoms with Gasteiger partial charge < -0.3 is 9.84 Å². The number of carboxylic acids is 1. The predicted octanol–water partition coefficient (Wildman–Crippen LogP) is 7.44. The highest BCUT2D eigenvalue weighted by atomic mass is 33.1. The van der Waals surface area contributed by atoms with Crippen LogP contribution in [-0.2, 0) is 16.0 Å². The third-order valence-electron chi connectivity index (χ3n) is 7.32. The Balaban J connectivity index is 1.48. The molecular formula is C32H29F3N4O6S2. The van der Waals surface area contributed by atoms with Gasteiger partial charge in [0.15, 0.2) is 0 Å². The molecule has 0 fully saturated rings. The number of nitrogens with zero attached hydrogens (tertiary/aromatic N) is 4. The number of para-hydroxylation sites is 1. The van der Waals surface area contributed by atoms with Gasteiger partial charge in [-0.05, 0) is 72.5 Å². The van der Waals surface area contributed by atoms with Crippen LogP contribution in [0.5, 0.6) is 0 Å². The molecule has 1 atom stereocenters. The molecule has 0 saturated carbocycles. The van der Waals surface area contributed by atoms with E-state index in [2.05, 4.69) is 4.98 Å². The molecule has 10 nitrogen and oxygen atoms in total. The molecule has 0 saturated heterocycles. The number of hydrogen-bond acceptors (Lipinski definition) is 9. The first-order valence-corrected chi connectivity index (χ1v) is 16.7. The van der Waals surface area contributed by atoms with Gasteiger partial charge in [0.25, 0.3) is 5.69 Å². The van der Waals surface area contributed by atoms with Crippen LogP contribution in [0.15, 0.2) is 65.8 Å². The number of pyridine rings is 1. The normalized spacial score (nSPS) is 15.2. The van der Waals surface area contributed by atoms with Crippen LogP contribution >= 0.6 is 21.6 Å². The minimum atomic E-state index is -1.75. The maximum atomic E-state index is 15.9. The molecule has 0 aliphatic carbocycles. The molecule has 0 radical (unpaired) electrons. The van der Waals surface area contributed by atoms with Gasteiger partial charge in [-0.2, -0.15) is 0 Å². The van der Waals surface area contributed by atoms with Gasteiger partial charge in [-0.3, -0.25) is 15.0 Å². The lowest BCUT2D eigenvalue weighted by atomic mass is 9.90. The van der Waals surface area contributed by atoms with Gasteiger partial charge in [0, 0.05) is 41.9 Å². The predicted molar refractivity (Wildman–Crippen MR) is 173 cm³/mol. The van der Waals surface area contributed by atoms with Crippen molar-refractivity contribution in [2.75, 3.05) is 25.4 Å². The van der Waals surface area contributed by atoms with E-state index in [1.165, 1.54) is 52.1 Å². The van der Waals surface area contributed by atoms with E-state index >= 15 is 13.2 Å². The standard InChI is InChI=1S/C32H29F3N4O6S2/c1-32(2,35)18-37-12-11-22-21-5-3-4-6-25(21)38(31(42)45-13-14-46-47-26-9-8-20(17-36-26)39(43)44)29(22)30(37)28-23(33)15-19(16-24(28)34)7-10-27(40)41/h3-10,15-17,30H,11-14,18H2,1-2H3,(H,40,41)/b10-7+. The van der Waals surface area contributed by atoms with Crippen LogP contribution in [0.2, 0.25) is 0 Å². The van der Waals surface area contributed by atoms with Crippen molar-refractivity contribution in [2.45, 2.75) is 37.0 Å². The van der Waals surface area contributed by atoms with Crippen LogP contribution in [0.4, 0.5) is 23.7 Å². The highest BCUT2D eigenvalue weighted by Crippen LogP contribution is 2.43. The molecular weight excluding hydrogens is 658 g/mol. The third-order valence-corrected chi connectivity index (χ3v) is 9.55. The van der Waals surface area contributed by atoms with Crippen LogP contribution in [-0.4, -0.2) is 67.7 Å². The van der Waals surface area contributed by atoms with Crippen molar-refractivity contribution in [2.24, 2.45) is 0 Å². The second-order valence-electron chi connectivity index (χ2n) is 11.3. The van der Waals surface area contributed by atoms with Crippen molar-refractivity contribution in [3.05, 3.63) is 105 Å². The molecule has 2 aromatic heterocycles. The Morgan fingerprint density at radius 3 is 2.55 bits per heavy atom. The first-order valence-electron chi connectivity index (χ1n) is 14.4. The summed E-state index contributed by atoms with van der Waals surface area (Å²) in [6.07, 6.45) is 2.57. The maximum absolute atomic E-state index is 15.9. The summed E-state index contributed by atoms with van der Waals surface area (Å²) >= 11 is 0. The number of carboxylic acid groups (broad SMARTS) is 1. The lowest BCUT2D eigenvalue weighted by Gasteiger charge is -2.39. The lowest BCUT2D eigenvalue weighted by molar-refractivity contribution is -0.385. The highest BCUT2D eigenvalue weighted by molar-refractivity contribution is 8.76. The van der Waals surface area contributed by atoms with Crippen LogP contribution < -0.4 is 0 Å². The van der Waals surface area contributed by atoms with Gasteiger partial charge in [-0.25, -0.2) is 32.3 Å². The number of aromatic nitrogens is 2. The van der Waals surface area contributed by atoms with Crippen LogP contribution in [0.25, 0.3) is 17.0 Å². The lowest BCUT2D eigenvalue weighted by Crippen LogP contribution is -2.44. The monoisotopic (exact) mass is 686 g/mol. The first kappa shape index (κ1) is 34.0. The summed E-state index contributed by atoms with van der Waals surface area (Å²) < 4.78 is 53.8. The number of hydrogen-bond donors (Lipinski definition) is 1. The van der Waals surface area contributed by atoms with Gasteiger partial charge >= 0.3 is 12.1 Å². The van der Waals surface area contributed by atoms with Gasteiger partial charge in [0.05, 0.1) is 22.2 Å². The quantitative estimate of drug-likeness (QED) is 0.0559. The number of carbonyl (C=O) groups is 2. The molecule has 15 heteroatoms. The zero-order chi connectivity index (χ0) is 33.9. The van der Waals surface area contributed by atoms with Gasteiger partial charge in [-0.15, -0.1) is 0 Å². The minimum Gasteiger partial charge on any atom is -0.478 e. The van der Waals surface area contributed by atoms with E-state index in [-0.39, 0.29) is 36.6 Å². The third kappa shape index (κ3) is 7.80. The van der Waals surface area contributed by atoms with Crippen molar-refractivity contribution in [1.82, 2.24) is 14.5 Å².